The first-order valence-electron chi connectivity index (χ1n) is 8.18. The first-order chi connectivity index (χ1) is 11.1. The van der Waals surface area contributed by atoms with Gasteiger partial charge in [0.25, 0.3) is 5.92 Å². The highest BCUT2D eigenvalue weighted by Gasteiger charge is 2.43. The van der Waals surface area contributed by atoms with Crippen LogP contribution in [0.15, 0.2) is 30.3 Å². The fraction of sp³-hybridized carbons (Fsp3) is 0.611. The number of alkyl halides is 2. The van der Waals surface area contributed by atoms with Gasteiger partial charge >= 0.3 is 6.09 Å². The summed E-state index contributed by atoms with van der Waals surface area (Å²) >= 11 is 0. The lowest BCUT2D eigenvalue weighted by Gasteiger charge is -2.40. The lowest BCUT2D eigenvalue weighted by atomic mass is 9.92. The minimum atomic E-state index is -2.83. The van der Waals surface area contributed by atoms with Crippen molar-refractivity contribution in [3.63, 3.8) is 0 Å². The average molecular weight is 341 g/mol. The van der Waals surface area contributed by atoms with E-state index >= 15 is 0 Å². The molecule has 0 unspecified atom stereocenters. The number of ether oxygens (including phenoxy) is 1. The number of carbonyl (C=O) groups is 1. The van der Waals surface area contributed by atoms with Crippen molar-refractivity contribution in [1.29, 1.82) is 0 Å². The molecule has 1 amide bonds. The van der Waals surface area contributed by atoms with E-state index < -0.39 is 36.2 Å². The summed E-state index contributed by atoms with van der Waals surface area (Å²) in [6.45, 7) is 5.12. The average Bonchev–Trinajstić information content (AvgIpc) is 2.45. The summed E-state index contributed by atoms with van der Waals surface area (Å²) in [6, 6.07) is 8.09. The first-order valence-corrected chi connectivity index (χ1v) is 8.18. The number of rotatable bonds is 3. The monoisotopic (exact) mass is 341 g/mol. The van der Waals surface area contributed by atoms with Crippen molar-refractivity contribution in [1.82, 2.24) is 4.90 Å². The lowest BCUT2D eigenvalue weighted by molar-refractivity contribution is -0.0864. The Balaban J connectivity index is 2.12. The Hall–Kier alpha value is -1.69. The fourth-order valence-corrected chi connectivity index (χ4v) is 2.86. The second-order valence-electron chi connectivity index (χ2n) is 7.30. The van der Waals surface area contributed by atoms with Gasteiger partial charge in [-0.1, -0.05) is 30.3 Å². The van der Waals surface area contributed by atoms with Gasteiger partial charge in [0.05, 0.1) is 6.10 Å². The van der Waals surface area contributed by atoms with Gasteiger partial charge in [0, 0.05) is 25.4 Å². The van der Waals surface area contributed by atoms with Crippen LogP contribution in [-0.2, 0) is 4.74 Å². The van der Waals surface area contributed by atoms with Gasteiger partial charge in [-0.25, -0.2) is 13.6 Å². The highest BCUT2D eigenvalue weighted by Crippen LogP contribution is 2.36. The van der Waals surface area contributed by atoms with Gasteiger partial charge < -0.3 is 14.7 Å². The molecule has 4 nitrogen and oxygen atoms in total. The van der Waals surface area contributed by atoms with E-state index in [9.17, 15) is 18.7 Å². The molecule has 0 spiro atoms. The van der Waals surface area contributed by atoms with Crippen LogP contribution < -0.4 is 0 Å². The third-order valence-corrected chi connectivity index (χ3v) is 4.00. The Labute approximate surface area is 141 Å². The molecule has 0 aromatic heterocycles. The Morgan fingerprint density at radius 2 is 2.00 bits per heavy atom. The van der Waals surface area contributed by atoms with Crippen LogP contribution in [0.3, 0.4) is 0 Å². The summed E-state index contributed by atoms with van der Waals surface area (Å²) in [6.07, 6.45) is -2.31. The molecule has 0 radical (unpaired) electrons. The summed E-state index contributed by atoms with van der Waals surface area (Å²) < 4.78 is 33.0. The summed E-state index contributed by atoms with van der Waals surface area (Å²) in [7, 11) is 0. The van der Waals surface area contributed by atoms with Gasteiger partial charge in [-0.2, -0.15) is 0 Å². The van der Waals surface area contributed by atoms with Crippen molar-refractivity contribution in [3.05, 3.63) is 35.9 Å². The van der Waals surface area contributed by atoms with Crippen LogP contribution in [0.1, 0.15) is 51.7 Å². The molecule has 1 fully saturated rings. The molecule has 1 heterocycles. The lowest BCUT2D eigenvalue weighted by Crippen LogP contribution is -2.51. The predicted octanol–water partition coefficient (Wildman–Crippen LogP) is 4.14. The molecular formula is C18H25F2NO3. The van der Waals surface area contributed by atoms with E-state index in [1.807, 2.05) is 6.07 Å². The van der Waals surface area contributed by atoms with Crippen LogP contribution in [0.2, 0.25) is 0 Å². The summed E-state index contributed by atoms with van der Waals surface area (Å²) in [4.78, 5) is 13.7. The second kappa shape index (κ2) is 7.05. The van der Waals surface area contributed by atoms with Crippen LogP contribution in [0.25, 0.3) is 0 Å². The van der Waals surface area contributed by atoms with Gasteiger partial charge in [0.1, 0.15) is 5.60 Å². The number of likely N-dealkylation sites (tertiary alicyclic amines) is 1. The number of hydrogen-bond donors (Lipinski definition) is 1. The van der Waals surface area contributed by atoms with Crippen molar-refractivity contribution in [2.45, 2.75) is 63.7 Å². The second-order valence-corrected chi connectivity index (χ2v) is 7.30. The molecule has 1 aromatic carbocycles. The molecule has 1 N–H and O–H groups in total. The molecule has 24 heavy (non-hydrogen) atoms. The number of amides is 1. The third-order valence-electron chi connectivity index (χ3n) is 4.00. The summed E-state index contributed by atoms with van der Waals surface area (Å²) in [5, 5.41) is 10.4. The largest absolute Gasteiger partial charge is 0.444 e. The molecule has 134 valence electrons. The SMILES string of the molecule is CC(C)(C)OC(=O)N1CCC(F)(F)C[C@H]1C[C@H](O)c1ccccc1. The van der Waals surface area contributed by atoms with Crippen molar-refractivity contribution in [2.24, 2.45) is 0 Å². The fourth-order valence-electron chi connectivity index (χ4n) is 2.86. The van der Waals surface area contributed by atoms with Crippen molar-refractivity contribution in [3.8, 4) is 0 Å². The molecule has 0 aliphatic carbocycles. The maximum Gasteiger partial charge on any atom is 0.410 e. The first kappa shape index (κ1) is 18.6. The van der Waals surface area contributed by atoms with Crippen LogP contribution in [-0.4, -0.2) is 40.2 Å². The molecule has 1 aliphatic heterocycles. The van der Waals surface area contributed by atoms with Gasteiger partial charge in [0.2, 0.25) is 0 Å². The molecule has 6 heteroatoms. The van der Waals surface area contributed by atoms with Gasteiger partial charge in [-0.3, -0.25) is 0 Å². The minimum Gasteiger partial charge on any atom is -0.444 e. The van der Waals surface area contributed by atoms with Crippen LogP contribution in [0, 0.1) is 0 Å². The smallest absolute Gasteiger partial charge is 0.410 e. The number of hydrogen-bond acceptors (Lipinski definition) is 3. The van der Waals surface area contributed by atoms with Crippen LogP contribution in [0.4, 0.5) is 13.6 Å². The molecule has 2 atom stereocenters. The Morgan fingerprint density at radius 3 is 2.58 bits per heavy atom. The summed E-state index contributed by atoms with van der Waals surface area (Å²) in [5.74, 6) is -2.83. The van der Waals surface area contributed by atoms with E-state index in [1.165, 1.54) is 4.90 Å². The minimum absolute atomic E-state index is 0.0544. The number of nitrogens with zero attached hydrogens (tertiary/aromatic N) is 1. The highest BCUT2D eigenvalue weighted by molar-refractivity contribution is 5.68. The van der Waals surface area contributed by atoms with E-state index in [1.54, 1.807) is 45.0 Å². The maximum absolute atomic E-state index is 13.8. The van der Waals surface area contributed by atoms with Crippen LogP contribution >= 0.6 is 0 Å². The van der Waals surface area contributed by atoms with Crippen molar-refractivity contribution in [2.75, 3.05) is 6.54 Å². The Bertz CT molecular complexity index is 557. The third kappa shape index (κ3) is 5.16. The molecule has 1 saturated heterocycles. The van der Waals surface area contributed by atoms with Crippen molar-refractivity contribution < 1.29 is 23.4 Å². The zero-order valence-corrected chi connectivity index (χ0v) is 14.3. The van der Waals surface area contributed by atoms with Gasteiger partial charge in [-0.15, -0.1) is 0 Å². The molecule has 0 bridgehead atoms. The van der Waals surface area contributed by atoms with Crippen molar-refractivity contribution >= 4 is 6.09 Å². The molecule has 2 rings (SSSR count). The van der Waals surface area contributed by atoms with Gasteiger partial charge in [-0.05, 0) is 32.8 Å². The van der Waals surface area contributed by atoms with E-state index in [0.717, 1.165) is 0 Å². The zero-order chi connectivity index (χ0) is 18.0. The van der Waals surface area contributed by atoms with E-state index in [0.29, 0.717) is 5.56 Å². The number of aliphatic hydroxyl groups is 1. The standard InChI is InChI=1S/C18H25F2NO3/c1-17(2,3)24-16(23)21-10-9-18(19,20)12-14(21)11-15(22)13-7-5-4-6-8-13/h4-8,14-15,22H,9-12H2,1-3H3/t14-,15+/m1/s1. The number of halogens is 2. The highest BCUT2D eigenvalue weighted by atomic mass is 19.3. The van der Waals surface area contributed by atoms with E-state index in [2.05, 4.69) is 0 Å². The van der Waals surface area contributed by atoms with Crippen LogP contribution in [0.5, 0.6) is 0 Å². The summed E-state index contributed by atoms with van der Waals surface area (Å²) in [5.41, 5.74) is -0.0462. The number of aliphatic hydroxyl groups excluding tert-OH is 1. The predicted molar refractivity (Wildman–Crippen MR) is 86.9 cm³/mol. The normalized spacial score (nSPS) is 22.1. The number of benzene rings is 1. The number of carbonyl (C=O) groups excluding carboxylic acids is 1. The topological polar surface area (TPSA) is 49.8 Å². The maximum atomic E-state index is 13.8. The molecule has 1 aliphatic rings. The zero-order valence-electron chi connectivity index (χ0n) is 14.3. The Kier molecular flexibility index (Phi) is 5.48. The van der Waals surface area contributed by atoms with Gasteiger partial charge in [0.15, 0.2) is 0 Å². The molecular weight excluding hydrogens is 316 g/mol. The van der Waals surface area contributed by atoms with E-state index in [-0.39, 0.29) is 19.4 Å². The Morgan fingerprint density at radius 1 is 1.38 bits per heavy atom. The quantitative estimate of drug-likeness (QED) is 0.899. The number of piperidine rings is 1. The molecule has 0 saturated carbocycles. The molecule has 1 aromatic rings. The van der Waals surface area contributed by atoms with E-state index in [4.69, 9.17) is 4.74 Å².